The number of benzene rings is 1. The minimum absolute atomic E-state index is 0. The number of fused-ring (bicyclic) bond motifs is 1. The molecule has 0 aliphatic heterocycles. The molecule has 1 heterocycles. The fraction of sp³-hybridized carbons (Fsp3) is 0.640. The zero-order valence-electron chi connectivity index (χ0n) is 18.8. The summed E-state index contributed by atoms with van der Waals surface area (Å²) in [6.07, 6.45) is 10.5. The van der Waals surface area contributed by atoms with Crippen LogP contribution in [0.1, 0.15) is 88.9 Å². The average Bonchev–Trinajstić information content (AvgIpc) is 3.18. The Kier molecular flexibility index (Phi) is 7.64. The summed E-state index contributed by atoms with van der Waals surface area (Å²) in [7, 11) is 0. The van der Waals surface area contributed by atoms with Crippen LogP contribution in [0.2, 0.25) is 0 Å². The Hall–Kier alpha value is -2.06. The van der Waals surface area contributed by atoms with Crippen LogP contribution < -0.4 is 0 Å². The molecule has 0 radical (unpaired) electrons. The van der Waals surface area contributed by atoms with Gasteiger partial charge in [0.05, 0.1) is 35.3 Å². The summed E-state index contributed by atoms with van der Waals surface area (Å²) in [6.45, 7) is 4.64. The highest BCUT2D eigenvalue weighted by atomic mass is 35.5. The Balaban J connectivity index is 0.00000272. The molecule has 2 aliphatic carbocycles. The quantitative estimate of drug-likeness (QED) is 0.424. The maximum atomic E-state index is 10.2. The van der Waals surface area contributed by atoms with Crippen molar-refractivity contribution in [2.24, 2.45) is 5.92 Å². The number of nitriles is 1. The Bertz CT molecular complexity index is 946. The number of rotatable bonds is 5. The molecule has 0 atom stereocenters. The van der Waals surface area contributed by atoms with E-state index in [1.807, 2.05) is 6.92 Å². The Morgan fingerprint density at radius 2 is 1.90 bits per heavy atom. The van der Waals surface area contributed by atoms with E-state index in [9.17, 15) is 5.26 Å². The number of halogens is 1. The summed E-state index contributed by atoms with van der Waals surface area (Å²) in [5, 5.41) is 24.6. The molecule has 0 spiro atoms. The highest BCUT2D eigenvalue weighted by Gasteiger charge is 2.39. The van der Waals surface area contributed by atoms with Gasteiger partial charge < -0.3 is 4.74 Å². The van der Waals surface area contributed by atoms with Gasteiger partial charge in [-0.3, -0.25) is 10.1 Å². The van der Waals surface area contributed by atoms with Crippen LogP contribution in [-0.2, 0) is 16.6 Å². The Morgan fingerprint density at radius 1 is 1.19 bits per heavy atom. The van der Waals surface area contributed by atoms with Crippen molar-refractivity contribution in [2.45, 2.75) is 89.5 Å². The minimum atomic E-state index is -0.467. The SMILES string of the molecule is CCOC(=N)C1CCC(C#N)(c2ccc3c(CC)nn(C4CCCCC4)c3c2)CC1.Cl. The van der Waals surface area contributed by atoms with E-state index in [0.717, 1.165) is 37.7 Å². The van der Waals surface area contributed by atoms with Gasteiger partial charge in [-0.1, -0.05) is 38.3 Å². The minimum Gasteiger partial charge on any atom is -0.481 e. The molecule has 1 aromatic heterocycles. The van der Waals surface area contributed by atoms with Crippen molar-refractivity contribution in [1.29, 1.82) is 10.7 Å². The summed E-state index contributed by atoms with van der Waals surface area (Å²) in [6, 6.07) is 9.77. The standard InChI is InChI=1S/C25H34N4O.ClH/c1-3-22-21-11-10-19(16-23(21)29(28-22)20-8-6-5-7-9-20)25(17-26)14-12-18(13-15-25)24(27)30-4-2;/h10-11,16,18,20,27H,3-9,12-15H2,1-2H3;1H. The largest absolute Gasteiger partial charge is 0.481 e. The molecule has 2 fully saturated rings. The molecule has 6 heteroatoms. The van der Waals surface area contributed by atoms with E-state index >= 15 is 0 Å². The van der Waals surface area contributed by atoms with Crippen molar-refractivity contribution in [3.8, 4) is 6.07 Å². The maximum Gasteiger partial charge on any atom is 0.183 e. The molecular formula is C25H35ClN4O. The van der Waals surface area contributed by atoms with Gasteiger partial charge in [0.25, 0.3) is 0 Å². The van der Waals surface area contributed by atoms with Crippen LogP contribution >= 0.6 is 12.4 Å². The van der Waals surface area contributed by atoms with E-state index in [4.69, 9.17) is 15.2 Å². The van der Waals surface area contributed by atoms with Crippen molar-refractivity contribution >= 4 is 29.2 Å². The molecular weight excluding hydrogens is 408 g/mol. The molecule has 0 bridgehead atoms. The number of nitrogens with one attached hydrogen (secondary N) is 1. The first kappa shape index (κ1) is 23.6. The van der Waals surface area contributed by atoms with Gasteiger partial charge in [-0.25, -0.2) is 0 Å². The second-order valence-electron chi connectivity index (χ2n) is 9.03. The van der Waals surface area contributed by atoms with E-state index in [1.165, 1.54) is 48.7 Å². The zero-order valence-corrected chi connectivity index (χ0v) is 19.6. The molecule has 1 N–H and O–H groups in total. The molecule has 0 saturated heterocycles. The van der Waals surface area contributed by atoms with E-state index < -0.39 is 5.41 Å². The highest BCUT2D eigenvalue weighted by molar-refractivity contribution is 5.85. The molecule has 2 saturated carbocycles. The van der Waals surface area contributed by atoms with Crippen LogP contribution in [0.15, 0.2) is 18.2 Å². The fourth-order valence-electron chi connectivity index (χ4n) is 5.48. The van der Waals surface area contributed by atoms with Gasteiger partial charge >= 0.3 is 0 Å². The first-order valence-electron chi connectivity index (χ1n) is 11.8. The molecule has 2 aromatic rings. The van der Waals surface area contributed by atoms with Gasteiger partial charge in [-0.15, -0.1) is 12.4 Å². The summed E-state index contributed by atoms with van der Waals surface area (Å²) in [4.78, 5) is 0. The van der Waals surface area contributed by atoms with E-state index in [0.29, 0.717) is 18.5 Å². The smallest absolute Gasteiger partial charge is 0.183 e. The van der Waals surface area contributed by atoms with Crippen molar-refractivity contribution in [2.75, 3.05) is 6.61 Å². The lowest BCUT2D eigenvalue weighted by atomic mass is 9.67. The topological polar surface area (TPSA) is 74.7 Å². The molecule has 168 valence electrons. The maximum absolute atomic E-state index is 10.2. The normalized spacial score (nSPS) is 24.4. The third-order valence-electron chi connectivity index (χ3n) is 7.32. The number of hydrogen-bond donors (Lipinski definition) is 1. The van der Waals surface area contributed by atoms with Crippen molar-refractivity contribution in [3.63, 3.8) is 0 Å². The second-order valence-corrected chi connectivity index (χ2v) is 9.03. The van der Waals surface area contributed by atoms with E-state index in [1.54, 1.807) is 0 Å². The molecule has 0 unspecified atom stereocenters. The lowest BCUT2D eigenvalue weighted by molar-refractivity contribution is 0.253. The predicted molar refractivity (Wildman–Crippen MR) is 127 cm³/mol. The predicted octanol–water partition coefficient (Wildman–Crippen LogP) is 6.49. The summed E-state index contributed by atoms with van der Waals surface area (Å²) >= 11 is 0. The van der Waals surface area contributed by atoms with Crippen LogP contribution in [0.3, 0.4) is 0 Å². The van der Waals surface area contributed by atoms with Gasteiger partial charge in [0.15, 0.2) is 5.90 Å². The second kappa shape index (κ2) is 10.0. The van der Waals surface area contributed by atoms with Crippen LogP contribution in [-0.4, -0.2) is 22.3 Å². The highest BCUT2D eigenvalue weighted by Crippen LogP contribution is 2.43. The summed E-state index contributed by atoms with van der Waals surface area (Å²) in [5.41, 5.74) is 3.03. The molecule has 31 heavy (non-hydrogen) atoms. The fourth-order valence-corrected chi connectivity index (χ4v) is 5.48. The Labute approximate surface area is 192 Å². The molecule has 0 amide bonds. The van der Waals surface area contributed by atoms with Crippen LogP contribution in [0, 0.1) is 22.7 Å². The summed E-state index contributed by atoms with van der Waals surface area (Å²) in [5.74, 6) is 0.539. The van der Waals surface area contributed by atoms with E-state index in [2.05, 4.69) is 35.9 Å². The van der Waals surface area contributed by atoms with Gasteiger partial charge in [-0.05, 0) is 63.5 Å². The zero-order chi connectivity index (χ0) is 21.1. The molecule has 1 aromatic carbocycles. The van der Waals surface area contributed by atoms with Crippen LogP contribution in [0.5, 0.6) is 0 Å². The van der Waals surface area contributed by atoms with Crippen molar-refractivity contribution in [3.05, 3.63) is 29.5 Å². The third kappa shape index (κ3) is 4.46. The molecule has 4 rings (SSSR count). The number of hydrogen-bond acceptors (Lipinski definition) is 4. The van der Waals surface area contributed by atoms with Gasteiger partial charge in [0.1, 0.15) is 0 Å². The van der Waals surface area contributed by atoms with Crippen molar-refractivity contribution < 1.29 is 4.74 Å². The molecule has 5 nitrogen and oxygen atoms in total. The van der Waals surface area contributed by atoms with Gasteiger partial charge in [0.2, 0.25) is 0 Å². The van der Waals surface area contributed by atoms with Crippen LogP contribution in [0.25, 0.3) is 10.9 Å². The van der Waals surface area contributed by atoms with Gasteiger partial charge in [0, 0.05) is 11.3 Å². The van der Waals surface area contributed by atoms with Crippen LogP contribution in [0.4, 0.5) is 0 Å². The Morgan fingerprint density at radius 3 is 2.52 bits per heavy atom. The third-order valence-corrected chi connectivity index (χ3v) is 7.32. The number of nitrogens with zero attached hydrogens (tertiary/aromatic N) is 3. The van der Waals surface area contributed by atoms with Gasteiger partial charge in [-0.2, -0.15) is 10.4 Å². The summed E-state index contributed by atoms with van der Waals surface area (Å²) < 4.78 is 7.71. The van der Waals surface area contributed by atoms with E-state index in [-0.39, 0.29) is 18.3 Å². The lowest BCUT2D eigenvalue weighted by Crippen LogP contribution is -2.33. The van der Waals surface area contributed by atoms with Crippen molar-refractivity contribution in [1.82, 2.24) is 9.78 Å². The number of ether oxygens (including phenoxy) is 1. The lowest BCUT2D eigenvalue weighted by Gasteiger charge is -2.35. The number of aryl methyl sites for hydroxylation is 1. The number of aromatic nitrogens is 2. The monoisotopic (exact) mass is 442 g/mol. The molecule has 2 aliphatic rings. The first-order valence-corrected chi connectivity index (χ1v) is 11.8. The average molecular weight is 443 g/mol. The first-order chi connectivity index (χ1) is 14.6.